The largest absolute Gasteiger partial charge is 0.497 e. The zero-order valence-corrected chi connectivity index (χ0v) is 17.6. The van der Waals surface area contributed by atoms with Crippen molar-refractivity contribution in [2.75, 3.05) is 7.11 Å². The Bertz CT molecular complexity index is 1060. The molecule has 0 spiro atoms. The summed E-state index contributed by atoms with van der Waals surface area (Å²) in [4.78, 5) is 24.4. The van der Waals surface area contributed by atoms with Gasteiger partial charge in [0.2, 0.25) is 5.91 Å². The number of aryl methyl sites for hydroxylation is 1. The first-order chi connectivity index (χ1) is 14.5. The highest BCUT2D eigenvalue weighted by Crippen LogP contribution is 2.20. The number of nitrogens with zero attached hydrogens (tertiary/aromatic N) is 2. The quantitative estimate of drug-likeness (QED) is 0.619. The molecular formula is C24H27N3O3. The Kier molecular flexibility index (Phi) is 7.01. The molecule has 30 heavy (non-hydrogen) atoms. The molecule has 1 aromatic heterocycles. The zero-order valence-electron chi connectivity index (χ0n) is 17.6. The lowest BCUT2D eigenvalue weighted by molar-refractivity contribution is -0.121. The van der Waals surface area contributed by atoms with E-state index in [9.17, 15) is 9.59 Å². The molecular weight excluding hydrogens is 378 g/mol. The van der Waals surface area contributed by atoms with Gasteiger partial charge in [0.1, 0.15) is 5.75 Å². The molecule has 0 aliphatic rings. The predicted octanol–water partition coefficient (Wildman–Crippen LogP) is 3.75. The monoisotopic (exact) mass is 405 g/mol. The van der Waals surface area contributed by atoms with Crippen LogP contribution >= 0.6 is 0 Å². The summed E-state index contributed by atoms with van der Waals surface area (Å²) in [5, 5.41) is 7.30. The van der Waals surface area contributed by atoms with Crippen molar-refractivity contribution in [3.63, 3.8) is 0 Å². The molecule has 6 heteroatoms. The summed E-state index contributed by atoms with van der Waals surface area (Å²) in [6.45, 7) is 4.92. The van der Waals surface area contributed by atoms with Gasteiger partial charge in [-0.15, -0.1) is 0 Å². The van der Waals surface area contributed by atoms with Crippen molar-refractivity contribution in [1.82, 2.24) is 15.1 Å². The van der Waals surface area contributed by atoms with Crippen LogP contribution < -0.4 is 15.6 Å². The van der Waals surface area contributed by atoms with E-state index in [2.05, 4.69) is 36.4 Å². The second kappa shape index (κ2) is 9.87. The Labute approximate surface area is 176 Å². The minimum absolute atomic E-state index is 0.141. The Hall–Kier alpha value is -3.41. The summed E-state index contributed by atoms with van der Waals surface area (Å²) in [7, 11) is 1.61. The van der Waals surface area contributed by atoms with Crippen molar-refractivity contribution in [1.29, 1.82) is 0 Å². The predicted molar refractivity (Wildman–Crippen MR) is 117 cm³/mol. The molecule has 0 saturated carbocycles. The van der Waals surface area contributed by atoms with E-state index in [-0.39, 0.29) is 24.4 Å². The fourth-order valence-electron chi connectivity index (χ4n) is 3.08. The Balaban J connectivity index is 1.61. The summed E-state index contributed by atoms with van der Waals surface area (Å²) in [6.07, 6.45) is 0.173. The van der Waals surface area contributed by atoms with Gasteiger partial charge in [-0.1, -0.05) is 50.2 Å². The minimum Gasteiger partial charge on any atom is -0.497 e. The van der Waals surface area contributed by atoms with Crippen LogP contribution in [0.2, 0.25) is 0 Å². The Morgan fingerprint density at radius 1 is 1.10 bits per heavy atom. The third-order valence-corrected chi connectivity index (χ3v) is 4.91. The van der Waals surface area contributed by atoms with E-state index in [1.165, 1.54) is 16.3 Å². The van der Waals surface area contributed by atoms with Crippen molar-refractivity contribution < 1.29 is 9.53 Å². The number of nitrogens with one attached hydrogen (secondary N) is 1. The maximum atomic E-state index is 12.2. The van der Waals surface area contributed by atoms with Gasteiger partial charge >= 0.3 is 0 Å². The lowest BCUT2D eigenvalue weighted by atomic mass is 10.0. The number of aromatic nitrogens is 2. The molecule has 3 aromatic rings. The fourth-order valence-corrected chi connectivity index (χ4v) is 3.08. The molecule has 0 saturated heterocycles. The topological polar surface area (TPSA) is 73.2 Å². The number of carbonyl (C=O) groups is 1. The summed E-state index contributed by atoms with van der Waals surface area (Å²) in [5.74, 6) is 1.06. The van der Waals surface area contributed by atoms with Crippen LogP contribution in [-0.4, -0.2) is 22.8 Å². The normalized spacial score (nSPS) is 10.8. The molecule has 1 amide bonds. The highest BCUT2D eigenvalue weighted by molar-refractivity contribution is 5.75. The first-order valence-corrected chi connectivity index (χ1v) is 10.0. The molecule has 156 valence electrons. The van der Waals surface area contributed by atoms with Gasteiger partial charge in [-0.05, 0) is 35.2 Å². The van der Waals surface area contributed by atoms with Crippen LogP contribution in [-0.2, 0) is 17.9 Å². The van der Waals surface area contributed by atoms with E-state index in [4.69, 9.17) is 4.74 Å². The molecule has 6 nitrogen and oxygen atoms in total. The second-order valence-electron chi connectivity index (χ2n) is 7.43. The molecule has 1 heterocycles. The number of amides is 1. The fraction of sp³-hybridized carbons (Fsp3) is 0.292. The van der Waals surface area contributed by atoms with Gasteiger partial charge in [0.05, 0.1) is 19.3 Å². The van der Waals surface area contributed by atoms with Crippen LogP contribution in [0, 0.1) is 0 Å². The molecule has 0 radical (unpaired) electrons. The van der Waals surface area contributed by atoms with Gasteiger partial charge in [-0.3, -0.25) is 9.59 Å². The van der Waals surface area contributed by atoms with E-state index in [0.29, 0.717) is 18.2 Å². The molecule has 0 atom stereocenters. The molecule has 1 N–H and O–H groups in total. The number of carbonyl (C=O) groups excluding carboxylic acids is 1. The second-order valence-corrected chi connectivity index (χ2v) is 7.43. The van der Waals surface area contributed by atoms with Gasteiger partial charge in [-0.2, -0.15) is 5.10 Å². The molecule has 0 aliphatic carbocycles. The number of methoxy groups -OCH3 is 1. The van der Waals surface area contributed by atoms with E-state index in [1.807, 2.05) is 36.4 Å². The average molecular weight is 405 g/mol. The highest BCUT2D eigenvalue weighted by atomic mass is 16.5. The van der Waals surface area contributed by atoms with Gasteiger partial charge in [-0.25, -0.2) is 4.68 Å². The average Bonchev–Trinajstić information content (AvgIpc) is 2.77. The third kappa shape index (κ3) is 5.56. The first kappa shape index (κ1) is 21.3. The lowest BCUT2D eigenvalue weighted by Gasteiger charge is -2.10. The van der Waals surface area contributed by atoms with Crippen LogP contribution in [0.5, 0.6) is 5.75 Å². The molecule has 0 aliphatic heterocycles. The minimum atomic E-state index is -0.224. The van der Waals surface area contributed by atoms with Gasteiger partial charge in [0.15, 0.2) is 0 Å². The van der Waals surface area contributed by atoms with E-state index >= 15 is 0 Å². The van der Waals surface area contributed by atoms with Crippen LogP contribution in [0.25, 0.3) is 11.3 Å². The van der Waals surface area contributed by atoms with E-state index < -0.39 is 0 Å². The Morgan fingerprint density at radius 3 is 2.57 bits per heavy atom. The summed E-state index contributed by atoms with van der Waals surface area (Å²) in [6, 6.07) is 18.9. The number of hydrogen-bond acceptors (Lipinski definition) is 4. The Morgan fingerprint density at radius 2 is 1.87 bits per heavy atom. The zero-order chi connectivity index (χ0) is 21.5. The molecule has 2 aromatic carbocycles. The van der Waals surface area contributed by atoms with Crippen molar-refractivity contribution >= 4 is 5.91 Å². The van der Waals surface area contributed by atoms with Crippen molar-refractivity contribution in [2.45, 2.75) is 39.3 Å². The van der Waals surface area contributed by atoms with Crippen LogP contribution in [0.15, 0.2) is 65.5 Å². The maximum absolute atomic E-state index is 12.2. The SMILES string of the molecule is COc1cccc(CNC(=O)CCn2nc(-c3ccc(C(C)C)cc3)ccc2=O)c1. The number of benzene rings is 2. The first-order valence-electron chi connectivity index (χ1n) is 10.0. The maximum Gasteiger partial charge on any atom is 0.266 e. The summed E-state index contributed by atoms with van der Waals surface area (Å²) < 4.78 is 6.53. The van der Waals surface area contributed by atoms with Crippen LogP contribution in [0.4, 0.5) is 0 Å². The molecule has 0 bridgehead atoms. The molecule has 0 unspecified atom stereocenters. The molecule has 3 rings (SSSR count). The summed E-state index contributed by atoms with van der Waals surface area (Å²) >= 11 is 0. The standard InChI is InChI=1S/C24H27N3O3/c1-17(2)19-7-9-20(10-8-19)22-11-12-24(29)27(26-22)14-13-23(28)25-16-18-5-4-6-21(15-18)30-3/h4-12,15,17H,13-14,16H2,1-3H3,(H,25,28). The molecule has 0 fully saturated rings. The number of hydrogen-bond donors (Lipinski definition) is 1. The van der Waals surface area contributed by atoms with Gasteiger partial charge in [0.25, 0.3) is 5.56 Å². The van der Waals surface area contributed by atoms with Crippen LogP contribution in [0.1, 0.15) is 37.3 Å². The van der Waals surface area contributed by atoms with Crippen molar-refractivity contribution in [3.8, 4) is 17.0 Å². The number of ether oxygens (including phenoxy) is 1. The van der Waals surface area contributed by atoms with Crippen molar-refractivity contribution in [2.24, 2.45) is 0 Å². The lowest BCUT2D eigenvalue weighted by Crippen LogP contribution is -2.28. The highest BCUT2D eigenvalue weighted by Gasteiger charge is 2.08. The van der Waals surface area contributed by atoms with Gasteiger partial charge in [0, 0.05) is 24.6 Å². The van der Waals surface area contributed by atoms with Crippen LogP contribution in [0.3, 0.4) is 0 Å². The third-order valence-electron chi connectivity index (χ3n) is 4.91. The van der Waals surface area contributed by atoms with E-state index in [0.717, 1.165) is 16.9 Å². The van der Waals surface area contributed by atoms with Gasteiger partial charge < -0.3 is 10.1 Å². The smallest absolute Gasteiger partial charge is 0.266 e. The van der Waals surface area contributed by atoms with E-state index in [1.54, 1.807) is 13.2 Å². The number of rotatable bonds is 8. The summed E-state index contributed by atoms with van der Waals surface area (Å²) in [5.41, 5.74) is 3.63. The van der Waals surface area contributed by atoms with Crippen molar-refractivity contribution in [3.05, 3.63) is 82.1 Å².